The van der Waals surface area contributed by atoms with Gasteiger partial charge in [0, 0.05) is 5.69 Å². The van der Waals surface area contributed by atoms with Crippen LogP contribution in [-0.4, -0.2) is 5.11 Å². The highest BCUT2D eigenvalue weighted by molar-refractivity contribution is 5.79. The van der Waals surface area contributed by atoms with Crippen molar-refractivity contribution in [2.45, 2.75) is 6.42 Å². The molecule has 3 rings (SSSR count). The third-order valence-electron chi connectivity index (χ3n) is 2.90. The minimum Gasteiger partial charge on any atom is -0.508 e. The van der Waals surface area contributed by atoms with E-state index in [1.165, 1.54) is 11.1 Å². The molecular formula is C13H11NO. The fraction of sp³-hybridized carbons (Fsp3) is 0.0769. The summed E-state index contributed by atoms with van der Waals surface area (Å²) in [5.41, 5.74) is 11.3. The summed E-state index contributed by atoms with van der Waals surface area (Å²) >= 11 is 0. The van der Waals surface area contributed by atoms with Gasteiger partial charge < -0.3 is 10.8 Å². The van der Waals surface area contributed by atoms with E-state index in [9.17, 15) is 5.11 Å². The monoisotopic (exact) mass is 197 g/mol. The molecule has 0 amide bonds. The van der Waals surface area contributed by atoms with Crippen molar-refractivity contribution in [3.05, 3.63) is 47.5 Å². The highest BCUT2D eigenvalue weighted by atomic mass is 16.3. The molecule has 0 aromatic heterocycles. The average Bonchev–Trinajstić information content (AvgIpc) is 2.56. The molecule has 0 radical (unpaired) electrons. The largest absolute Gasteiger partial charge is 0.508 e. The second kappa shape index (κ2) is 2.76. The maximum Gasteiger partial charge on any atom is 0.116 e. The van der Waals surface area contributed by atoms with Crippen molar-refractivity contribution in [1.82, 2.24) is 0 Å². The van der Waals surface area contributed by atoms with E-state index in [2.05, 4.69) is 6.07 Å². The van der Waals surface area contributed by atoms with Crippen molar-refractivity contribution in [2.24, 2.45) is 0 Å². The number of aromatic hydroxyl groups is 1. The molecule has 1 aliphatic carbocycles. The van der Waals surface area contributed by atoms with Crippen LogP contribution in [0, 0.1) is 0 Å². The summed E-state index contributed by atoms with van der Waals surface area (Å²) in [4.78, 5) is 0. The zero-order valence-corrected chi connectivity index (χ0v) is 8.20. The molecule has 74 valence electrons. The fourth-order valence-corrected chi connectivity index (χ4v) is 2.17. The Balaban J connectivity index is 2.28. The third-order valence-corrected chi connectivity index (χ3v) is 2.90. The summed E-state index contributed by atoms with van der Waals surface area (Å²) < 4.78 is 0. The number of benzene rings is 2. The number of phenolic OH excluding ortho intramolecular Hbond substituents is 1. The second-order valence-corrected chi connectivity index (χ2v) is 3.93. The van der Waals surface area contributed by atoms with E-state index in [0.717, 1.165) is 23.2 Å². The van der Waals surface area contributed by atoms with Gasteiger partial charge >= 0.3 is 0 Å². The molecule has 0 spiro atoms. The lowest BCUT2D eigenvalue weighted by atomic mass is 10.1. The van der Waals surface area contributed by atoms with Crippen LogP contribution >= 0.6 is 0 Å². The Morgan fingerprint density at radius 1 is 0.933 bits per heavy atom. The number of anilines is 1. The van der Waals surface area contributed by atoms with Gasteiger partial charge in [0.2, 0.25) is 0 Å². The maximum atomic E-state index is 9.46. The Morgan fingerprint density at radius 3 is 2.40 bits per heavy atom. The molecule has 1 aliphatic rings. The predicted octanol–water partition coefficient (Wildman–Crippen LogP) is 2.55. The summed E-state index contributed by atoms with van der Waals surface area (Å²) in [6.45, 7) is 0. The van der Waals surface area contributed by atoms with Gasteiger partial charge in [-0.25, -0.2) is 0 Å². The lowest BCUT2D eigenvalue weighted by molar-refractivity contribution is 0.475. The van der Waals surface area contributed by atoms with Crippen LogP contribution in [0.2, 0.25) is 0 Å². The summed E-state index contributed by atoms with van der Waals surface area (Å²) in [5, 5.41) is 9.46. The highest BCUT2D eigenvalue weighted by Crippen LogP contribution is 2.39. The molecule has 0 atom stereocenters. The van der Waals surface area contributed by atoms with Gasteiger partial charge in [-0.05, 0) is 52.9 Å². The van der Waals surface area contributed by atoms with Crippen LogP contribution < -0.4 is 5.73 Å². The first-order valence-electron chi connectivity index (χ1n) is 4.95. The molecule has 0 unspecified atom stereocenters. The lowest BCUT2D eigenvalue weighted by Gasteiger charge is -2.02. The Labute approximate surface area is 88.0 Å². The van der Waals surface area contributed by atoms with Crippen LogP contribution in [0.4, 0.5) is 5.69 Å². The van der Waals surface area contributed by atoms with Crippen molar-refractivity contribution < 1.29 is 5.11 Å². The van der Waals surface area contributed by atoms with Crippen molar-refractivity contribution in [3.63, 3.8) is 0 Å². The van der Waals surface area contributed by atoms with Crippen molar-refractivity contribution >= 4 is 5.69 Å². The third kappa shape index (κ3) is 1.18. The lowest BCUT2D eigenvalue weighted by Crippen LogP contribution is -1.86. The molecule has 0 saturated carbocycles. The average molecular weight is 197 g/mol. The van der Waals surface area contributed by atoms with E-state index in [1.54, 1.807) is 12.1 Å². The second-order valence-electron chi connectivity index (χ2n) is 3.93. The first-order chi connectivity index (χ1) is 7.24. The summed E-state index contributed by atoms with van der Waals surface area (Å²) in [5.74, 6) is 0.309. The number of hydrogen-bond donors (Lipinski definition) is 2. The molecule has 0 aliphatic heterocycles. The molecule has 0 bridgehead atoms. The summed E-state index contributed by atoms with van der Waals surface area (Å²) in [6.07, 6.45) is 0.936. The molecule has 15 heavy (non-hydrogen) atoms. The molecule has 0 fully saturated rings. The molecule has 0 heterocycles. The van der Waals surface area contributed by atoms with Gasteiger partial charge in [0.15, 0.2) is 0 Å². The highest BCUT2D eigenvalue weighted by Gasteiger charge is 2.18. The molecule has 2 aromatic carbocycles. The maximum absolute atomic E-state index is 9.46. The van der Waals surface area contributed by atoms with Crippen LogP contribution in [0.5, 0.6) is 5.75 Å². The topological polar surface area (TPSA) is 46.2 Å². The first kappa shape index (κ1) is 8.36. The molecular weight excluding hydrogens is 186 g/mol. The molecule has 2 nitrogen and oxygen atoms in total. The number of nitrogen functional groups attached to an aromatic ring is 1. The standard InChI is InChI=1S/C13H11NO/c14-10-3-1-8-5-9-2-4-11(15)7-13(9)12(8)6-10/h1-4,6-7,15H,5,14H2. The minimum atomic E-state index is 0.309. The number of fused-ring (bicyclic) bond motifs is 3. The Kier molecular flexibility index (Phi) is 1.54. The smallest absolute Gasteiger partial charge is 0.116 e. The minimum absolute atomic E-state index is 0.309. The fourth-order valence-electron chi connectivity index (χ4n) is 2.17. The van der Waals surface area contributed by atoms with Crippen LogP contribution in [0.15, 0.2) is 36.4 Å². The van der Waals surface area contributed by atoms with E-state index in [0.29, 0.717) is 5.75 Å². The number of rotatable bonds is 0. The zero-order chi connectivity index (χ0) is 10.4. The molecule has 2 heteroatoms. The van der Waals surface area contributed by atoms with Gasteiger partial charge in [-0.1, -0.05) is 12.1 Å². The van der Waals surface area contributed by atoms with Crippen LogP contribution in [0.25, 0.3) is 11.1 Å². The van der Waals surface area contributed by atoms with Crippen LogP contribution in [0.1, 0.15) is 11.1 Å². The quantitative estimate of drug-likeness (QED) is 0.544. The number of nitrogens with two attached hydrogens (primary N) is 1. The summed E-state index contributed by atoms with van der Waals surface area (Å²) in [6, 6.07) is 11.5. The molecule has 3 N–H and O–H groups in total. The predicted molar refractivity (Wildman–Crippen MR) is 60.8 cm³/mol. The van der Waals surface area contributed by atoms with E-state index in [-0.39, 0.29) is 0 Å². The normalized spacial score (nSPS) is 12.3. The van der Waals surface area contributed by atoms with Gasteiger partial charge in [-0.3, -0.25) is 0 Å². The van der Waals surface area contributed by atoms with E-state index in [1.807, 2.05) is 18.2 Å². The number of hydrogen-bond acceptors (Lipinski definition) is 2. The summed E-state index contributed by atoms with van der Waals surface area (Å²) in [7, 11) is 0. The Morgan fingerprint density at radius 2 is 1.60 bits per heavy atom. The van der Waals surface area contributed by atoms with Crippen LogP contribution in [0.3, 0.4) is 0 Å². The van der Waals surface area contributed by atoms with Gasteiger partial charge in [0.1, 0.15) is 5.75 Å². The molecule has 0 saturated heterocycles. The van der Waals surface area contributed by atoms with Crippen molar-refractivity contribution in [3.8, 4) is 16.9 Å². The van der Waals surface area contributed by atoms with Crippen molar-refractivity contribution in [1.29, 1.82) is 0 Å². The SMILES string of the molecule is Nc1ccc2c(c1)-c1cc(O)ccc1C2. The zero-order valence-electron chi connectivity index (χ0n) is 8.20. The first-order valence-corrected chi connectivity index (χ1v) is 4.95. The van der Waals surface area contributed by atoms with Gasteiger partial charge in [-0.15, -0.1) is 0 Å². The van der Waals surface area contributed by atoms with E-state index < -0.39 is 0 Å². The van der Waals surface area contributed by atoms with Crippen LogP contribution in [-0.2, 0) is 6.42 Å². The Hall–Kier alpha value is -1.96. The van der Waals surface area contributed by atoms with E-state index in [4.69, 9.17) is 5.73 Å². The van der Waals surface area contributed by atoms with E-state index >= 15 is 0 Å². The van der Waals surface area contributed by atoms with Gasteiger partial charge in [-0.2, -0.15) is 0 Å². The van der Waals surface area contributed by atoms with Gasteiger partial charge in [0.25, 0.3) is 0 Å². The van der Waals surface area contributed by atoms with Crippen molar-refractivity contribution in [2.75, 3.05) is 5.73 Å². The molecule has 2 aromatic rings. The number of phenols is 1. The Bertz CT molecular complexity index is 497. The van der Waals surface area contributed by atoms with Gasteiger partial charge in [0.05, 0.1) is 0 Å².